The average molecular weight is 648 g/mol. The Morgan fingerprint density at radius 2 is 1.23 bits per heavy atom. The van der Waals surface area contributed by atoms with Crippen LogP contribution in [0.1, 0.15) is 49.3 Å². The second kappa shape index (κ2) is 16.1. The van der Waals surface area contributed by atoms with Crippen LogP contribution >= 0.6 is 35.3 Å². The largest absolute Gasteiger partial charge is 0.371 e. The van der Waals surface area contributed by atoms with Crippen LogP contribution in [0, 0.1) is 23.3 Å². The first-order chi connectivity index (χ1) is 21.0. The van der Waals surface area contributed by atoms with Crippen LogP contribution in [0.4, 0.5) is 28.9 Å². The zero-order valence-corrected chi connectivity index (χ0v) is 26.6. The monoisotopic (exact) mass is 647 g/mol. The highest BCUT2D eigenvalue weighted by Crippen LogP contribution is 2.39. The maximum absolute atomic E-state index is 14.9. The standard InChI is InChI=1S/C33H37F4N3S3/c34-26-8-12-29(36)33(22-26)40-32(23-31(38-40)25-7-11-28(35)30(37)21-25)24-5-9-27(10-6-24)39-13-1-15-41-17-3-19-43-20-4-18-42-16-2-14-39/h5-12,21-22,32H,1-4,13-20,23H2/t32-/m0/s1. The van der Waals surface area contributed by atoms with Gasteiger partial charge in [0.05, 0.1) is 17.4 Å². The normalized spacial score (nSPS) is 19.8. The lowest BCUT2D eigenvalue weighted by Crippen LogP contribution is -2.27. The molecule has 2 aliphatic heterocycles. The van der Waals surface area contributed by atoms with Crippen molar-refractivity contribution in [2.24, 2.45) is 5.10 Å². The Morgan fingerprint density at radius 3 is 1.86 bits per heavy atom. The van der Waals surface area contributed by atoms with Gasteiger partial charge < -0.3 is 4.90 Å². The second-order valence-electron chi connectivity index (χ2n) is 10.7. The van der Waals surface area contributed by atoms with Crippen molar-refractivity contribution in [2.45, 2.75) is 38.1 Å². The minimum atomic E-state index is -0.976. The molecule has 0 aliphatic carbocycles. The number of benzene rings is 3. The summed E-state index contributed by atoms with van der Waals surface area (Å²) in [5.74, 6) is 4.14. The van der Waals surface area contributed by atoms with Gasteiger partial charge in [0.1, 0.15) is 11.6 Å². The highest BCUT2D eigenvalue weighted by Gasteiger charge is 2.32. The summed E-state index contributed by atoms with van der Waals surface area (Å²) < 4.78 is 56.8. The fourth-order valence-electron chi connectivity index (χ4n) is 5.33. The van der Waals surface area contributed by atoms with Crippen LogP contribution in [0.2, 0.25) is 0 Å². The first kappa shape index (κ1) is 32.1. The summed E-state index contributed by atoms with van der Waals surface area (Å²) in [6.07, 6.45) is 5.11. The van der Waals surface area contributed by atoms with Gasteiger partial charge in [-0.25, -0.2) is 17.6 Å². The molecule has 0 spiro atoms. The van der Waals surface area contributed by atoms with Crippen LogP contribution in [0.3, 0.4) is 0 Å². The third kappa shape index (κ3) is 8.88. The van der Waals surface area contributed by atoms with Gasteiger partial charge in [-0.15, -0.1) is 0 Å². The van der Waals surface area contributed by atoms with Crippen LogP contribution in [0.5, 0.6) is 0 Å². The molecule has 3 aromatic carbocycles. The van der Waals surface area contributed by atoms with Crippen LogP contribution in [0.15, 0.2) is 65.8 Å². The highest BCUT2D eigenvalue weighted by atomic mass is 32.2. The van der Waals surface area contributed by atoms with E-state index in [1.807, 2.05) is 35.7 Å². The van der Waals surface area contributed by atoms with Gasteiger partial charge in [0, 0.05) is 36.8 Å². The maximum atomic E-state index is 14.9. The summed E-state index contributed by atoms with van der Waals surface area (Å²) in [6.45, 7) is 1.97. The fourth-order valence-corrected chi connectivity index (χ4v) is 8.37. The van der Waals surface area contributed by atoms with Gasteiger partial charge in [-0.2, -0.15) is 40.4 Å². The molecule has 2 aliphatic rings. The summed E-state index contributed by atoms with van der Waals surface area (Å²) in [5, 5.41) is 6.06. The molecule has 0 radical (unpaired) electrons. The third-order valence-corrected chi connectivity index (χ3v) is 11.0. The predicted molar refractivity (Wildman–Crippen MR) is 178 cm³/mol. The zero-order chi connectivity index (χ0) is 30.0. The van der Waals surface area contributed by atoms with Gasteiger partial charge in [0.2, 0.25) is 0 Å². The van der Waals surface area contributed by atoms with E-state index in [2.05, 4.69) is 33.9 Å². The molecule has 0 saturated carbocycles. The van der Waals surface area contributed by atoms with E-state index in [0.717, 1.165) is 79.0 Å². The molecule has 3 nitrogen and oxygen atoms in total. The van der Waals surface area contributed by atoms with E-state index < -0.39 is 29.3 Å². The van der Waals surface area contributed by atoms with Gasteiger partial charge in [0.15, 0.2) is 11.6 Å². The molecular weight excluding hydrogens is 611 g/mol. The molecule has 0 N–H and O–H groups in total. The Kier molecular flexibility index (Phi) is 12.0. The van der Waals surface area contributed by atoms with Crippen molar-refractivity contribution in [3.05, 3.63) is 95.1 Å². The summed E-state index contributed by atoms with van der Waals surface area (Å²) in [6, 6.07) is 14.7. The summed E-state index contributed by atoms with van der Waals surface area (Å²) in [7, 11) is 0. The Labute approximate surface area is 264 Å². The van der Waals surface area contributed by atoms with Gasteiger partial charge in [0.25, 0.3) is 0 Å². The van der Waals surface area contributed by atoms with Crippen molar-refractivity contribution in [3.8, 4) is 0 Å². The number of hydrogen-bond acceptors (Lipinski definition) is 6. The molecule has 1 fully saturated rings. The number of halogens is 4. The van der Waals surface area contributed by atoms with Gasteiger partial charge in [-0.3, -0.25) is 5.01 Å². The van der Waals surface area contributed by atoms with Crippen molar-refractivity contribution in [3.63, 3.8) is 0 Å². The molecule has 3 aromatic rings. The zero-order valence-electron chi connectivity index (χ0n) is 24.1. The minimum absolute atomic E-state index is 0.00143. The molecule has 0 unspecified atom stereocenters. The van der Waals surface area contributed by atoms with Gasteiger partial charge >= 0.3 is 0 Å². The van der Waals surface area contributed by atoms with Crippen LogP contribution in [-0.4, -0.2) is 53.3 Å². The van der Waals surface area contributed by atoms with Crippen molar-refractivity contribution in [2.75, 3.05) is 57.5 Å². The van der Waals surface area contributed by atoms with E-state index in [1.165, 1.54) is 46.9 Å². The summed E-state index contributed by atoms with van der Waals surface area (Å²) in [4.78, 5) is 2.45. The van der Waals surface area contributed by atoms with E-state index in [1.54, 1.807) is 0 Å². The molecule has 1 saturated heterocycles. The van der Waals surface area contributed by atoms with Gasteiger partial charge in [-0.05, 0) is 108 Å². The molecule has 1 atom stereocenters. The number of hydrazone groups is 1. The molecule has 10 heteroatoms. The van der Waals surface area contributed by atoms with Crippen molar-refractivity contribution in [1.82, 2.24) is 0 Å². The van der Waals surface area contributed by atoms with E-state index in [4.69, 9.17) is 0 Å². The average Bonchev–Trinajstić information content (AvgIpc) is 3.45. The minimum Gasteiger partial charge on any atom is -0.371 e. The number of rotatable bonds is 4. The summed E-state index contributed by atoms with van der Waals surface area (Å²) >= 11 is 6.17. The quantitative estimate of drug-likeness (QED) is 0.262. The molecular formula is C33H37F4N3S3. The molecule has 0 aromatic heterocycles. The number of thioether (sulfide) groups is 3. The van der Waals surface area contributed by atoms with Crippen molar-refractivity contribution < 1.29 is 17.6 Å². The summed E-state index contributed by atoms with van der Waals surface area (Å²) in [5.41, 5.74) is 2.91. The lowest BCUT2D eigenvalue weighted by atomic mass is 9.97. The Hall–Kier alpha value is -2.30. The molecule has 230 valence electrons. The molecule has 5 rings (SSSR count). The Bertz CT molecular complexity index is 1360. The highest BCUT2D eigenvalue weighted by molar-refractivity contribution is 8.00. The van der Waals surface area contributed by atoms with Gasteiger partial charge in [-0.1, -0.05) is 12.1 Å². The van der Waals surface area contributed by atoms with E-state index in [9.17, 15) is 17.6 Å². The predicted octanol–water partition coefficient (Wildman–Crippen LogP) is 9.18. The second-order valence-corrected chi connectivity index (χ2v) is 14.3. The SMILES string of the molecule is Fc1ccc(F)c(N2N=C(c3ccc(F)c(F)c3)C[C@H]2c2ccc(N3CCCSCCCSCCCSCCC3)cc2)c1. The van der Waals surface area contributed by atoms with E-state index in [0.29, 0.717) is 17.7 Å². The first-order valence-electron chi connectivity index (χ1n) is 14.8. The van der Waals surface area contributed by atoms with E-state index in [-0.39, 0.29) is 5.69 Å². The first-order valence-corrected chi connectivity index (χ1v) is 18.3. The molecule has 2 heterocycles. The van der Waals surface area contributed by atoms with Crippen LogP contribution < -0.4 is 9.91 Å². The lowest BCUT2D eigenvalue weighted by molar-refractivity contribution is 0.508. The van der Waals surface area contributed by atoms with Crippen molar-refractivity contribution >= 4 is 52.4 Å². The maximum Gasteiger partial charge on any atom is 0.159 e. The Balaban J connectivity index is 1.35. The van der Waals surface area contributed by atoms with Crippen molar-refractivity contribution in [1.29, 1.82) is 0 Å². The number of anilines is 2. The smallest absolute Gasteiger partial charge is 0.159 e. The number of hydrogen-bond donors (Lipinski definition) is 0. The number of nitrogens with zero attached hydrogens (tertiary/aromatic N) is 3. The molecule has 0 amide bonds. The topological polar surface area (TPSA) is 18.8 Å². The third-order valence-electron chi connectivity index (χ3n) is 7.55. The van der Waals surface area contributed by atoms with Crippen LogP contribution in [-0.2, 0) is 0 Å². The van der Waals surface area contributed by atoms with Crippen LogP contribution in [0.25, 0.3) is 0 Å². The molecule has 43 heavy (non-hydrogen) atoms. The lowest BCUT2D eigenvalue weighted by Gasteiger charge is -2.27. The Morgan fingerprint density at radius 1 is 0.628 bits per heavy atom. The van der Waals surface area contributed by atoms with E-state index >= 15 is 0 Å². The molecule has 0 bridgehead atoms. The fraction of sp³-hybridized carbons (Fsp3) is 0.424.